The van der Waals surface area contributed by atoms with E-state index in [1.165, 1.54) is 0 Å². The Morgan fingerprint density at radius 1 is 1.26 bits per heavy atom. The van der Waals surface area contributed by atoms with Crippen molar-refractivity contribution in [3.05, 3.63) is 52.8 Å². The Bertz CT molecular complexity index is 628. The largest absolute Gasteiger partial charge is 0.340 e. The second-order valence-electron chi connectivity index (χ2n) is 5.24. The molecule has 1 aliphatic heterocycles. The van der Waals surface area contributed by atoms with Crippen LogP contribution in [0, 0.1) is 0 Å². The summed E-state index contributed by atoms with van der Waals surface area (Å²) in [5.74, 6) is 0.256. The maximum Gasteiger partial charge on any atom is 0.272 e. The molecular weight excluding hydrogens is 238 g/mol. The highest BCUT2D eigenvalue weighted by Gasteiger charge is 2.36. The van der Waals surface area contributed by atoms with E-state index in [4.69, 9.17) is 0 Å². The van der Waals surface area contributed by atoms with Crippen LogP contribution in [0.5, 0.6) is 0 Å². The van der Waals surface area contributed by atoms with Gasteiger partial charge in [-0.25, -0.2) is 0 Å². The molecule has 3 rings (SSSR count). The highest BCUT2D eigenvalue weighted by molar-refractivity contribution is 5.98. The molecule has 19 heavy (non-hydrogen) atoms. The van der Waals surface area contributed by atoms with Crippen LogP contribution in [0.1, 0.15) is 53.1 Å². The zero-order valence-corrected chi connectivity index (χ0v) is 11.3. The van der Waals surface area contributed by atoms with Crippen molar-refractivity contribution in [1.29, 1.82) is 0 Å². The lowest BCUT2D eigenvalue weighted by Gasteiger charge is -2.16. The molecule has 2 aromatic rings. The van der Waals surface area contributed by atoms with E-state index in [1.807, 2.05) is 42.1 Å². The standard InChI is InChI=1S/C15H17N3O/c1-9(2)14-11-12(10-7-5-4-6-8-10)16-15(19)13(11)17-18(14)3/h4-9,12H,1-3H3,(H,16,19). The molecule has 1 aromatic heterocycles. The van der Waals surface area contributed by atoms with Gasteiger partial charge in [-0.05, 0) is 11.5 Å². The number of nitrogens with one attached hydrogen (secondary N) is 1. The SMILES string of the molecule is CC(C)c1c2c(nn1C)C(=O)NC2c1ccccc1. The van der Waals surface area contributed by atoms with Crippen molar-refractivity contribution >= 4 is 5.91 Å². The maximum atomic E-state index is 12.1. The number of aryl methyl sites for hydroxylation is 1. The zero-order valence-electron chi connectivity index (χ0n) is 11.3. The Balaban J connectivity index is 2.18. The smallest absolute Gasteiger partial charge is 0.272 e. The third-order valence-electron chi connectivity index (χ3n) is 3.59. The van der Waals surface area contributed by atoms with Gasteiger partial charge in [-0.3, -0.25) is 9.48 Å². The summed E-state index contributed by atoms with van der Waals surface area (Å²) in [5.41, 5.74) is 3.83. The van der Waals surface area contributed by atoms with E-state index in [1.54, 1.807) is 0 Å². The summed E-state index contributed by atoms with van der Waals surface area (Å²) in [7, 11) is 1.91. The van der Waals surface area contributed by atoms with Gasteiger partial charge in [0, 0.05) is 18.3 Å². The summed E-state index contributed by atoms with van der Waals surface area (Å²) < 4.78 is 1.84. The van der Waals surface area contributed by atoms with Crippen LogP contribution in [0.3, 0.4) is 0 Å². The number of fused-ring (bicyclic) bond motifs is 1. The molecular formula is C15H17N3O. The average Bonchev–Trinajstić information content (AvgIpc) is 2.88. The van der Waals surface area contributed by atoms with Crippen molar-refractivity contribution in [2.24, 2.45) is 7.05 Å². The van der Waals surface area contributed by atoms with Gasteiger partial charge < -0.3 is 5.32 Å². The van der Waals surface area contributed by atoms with Gasteiger partial charge in [0.05, 0.1) is 6.04 Å². The van der Waals surface area contributed by atoms with Crippen LogP contribution in [-0.2, 0) is 7.05 Å². The Morgan fingerprint density at radius 2 is 1.95 bits per heavy atom. The van der Waals surface area contributed by atoms with E-state index in [-0.39, 0.29) is 11.9 Å². The first kappa shape index (κ1) is 12.0. The highest BCUT2D eigenvalue weighted by Crippen LogP contribution is 2.35. The lowest BCUT2D eigenvalue weighted by molar-refractivity contribution is 0.0954. The quantitative estimate of drug-likeness (QED) is 0.895. The monoisotopic (exact) mass is 255 g/mol. The lowest BCUT2D eigenvalue weighted by atomic mass is 9.95. The van der Waals surface area contributed by atoms with Gasteiger partial charge in [-0.1, -0.05) is 44.2 Å². The molecule has 1 atom stereocenters. The topological polar surface area (TPSA) is 46.9 Å². The molecule has 2 heterocycles. The molecule has 0 saturated heterocycles. The molecule has 1 aromatic carbocycles. The van der Waals surface area contributed by atoms with Gasteiger partial charge in [0.2, 0.25) is 0 Å². The molecule has 0 radical (unpaired) electrons. The zero-order chi connectivity index (χ0) is 13.6. The fraction of sp³-hybridized carbons (Fsp3) is 0.333. The number of hydrogen-bond donors (Lipinski definition) is 1. The predicted octanol–water partition coefficient (Wildman–Crippen LogP) is 2.38. The van der Waals surface area contributed by atoms with Crippen LogP contribution >= 0.6 is 0 Å². The number of aromatic nitrogens is 2. The Kier molecular flexibility index (Phi) is 2.66. The number of carbonyl (C=O) groups excluding carboxylic acids is 1. The Hall–Kier alpha value is -2.10. The first-order chi connectivity index (χ1) is 9.09. The number of carbonyl (C=O) groups is 1. The average molecular weight is 255 g/mol. The predicted molar refractivity (Wildman–Crippen MR) is 73.0 cm³/mol. The van der Waals surface area contributed by atoms with Crippen molar-refractivity contribution in [3.8, 4) is 0 Å². The number of benzene rings is 1. The van der Waals surface area contributed by atoms with Gasteiger partial charge in [-0.15, -0.1) is 0 Å². The molecule has 1 unspecified atom stereocenters. The molecule has 0 spiro atoms. The minimum atomic E-state index is -0.0775. The summed E-state index contributed by atoms with van der Waals surface area (Å²) in [6.07, 6.45) is 0. The first-order valence-corrected chi connectivity index (χ1v) is 6.52. The molecule has 0 aliphatic carbocycles. The summed E-state index contributed by atoms with van der Waals surface area (Å²) in [4.78, 5) is 12.1. The fourth-order valence-electron chi connectivity index (χ4n) is 2.86. The highest BCUT2D eigenvalue weighted by atomic mass is 16.2. The van der Waals surface area contributed by atoms with E-state index < -0.39 is 0 Å². The normalized spacial score (nSPS) is 17.7. The molecule has 1 amide bonds. The Morgan fingerprint density at radius 3 is 2.58 bits per heavy atom. The van der Waals surface area contributed by atoms with Crippen LogP contribution in [0.15, 0.2) is 30.3 Å². The van der Waals surface area contributed by atoms with E-state index >= 15 is 0 Å². The number of hydrogen-bond acceptors (Lipinski definition) is 2. The summed E-state index contributed by atoms with van der Waals surface area (Å²) in [6, 6.07) is 9.97. The molecule has 1 aliphatic rings. The van der Waals surface area contributed by atoms with Crippen molar-refractivity contribution < 1.29 is 4.79 Å². The van der Waals surface area contributed by atoms with Gasteiger partial charge in [0.25, 0.3) is 5.91 Å². The summed E-state index contributed by atoms with van der Waals surface area (Å²) in [6.45, 7) is 4.25. The second-order valence-corrected chi connectivity index (χ2v) is 5.24. The van der Waals surface area contributed by atoms with Gasteiger partial charge >= 0.3 is 0 Å². The third-order valence-corrected chi connectivity index (χ3v) is 3.59. The van der Waals surface area contributed by atoms with Gasteiger partial charge in [0.1, 0.15) is 0 Å². The molecule has 0 bridgehead atoms. The van der Waals surface area contributed by atoms with Crippen LogP contribution in [0.4, 0.5) is 0 Å². The maximum absolute atomic E-state index is 12.1. The fourth-order valence-corrected chi connectivity index (χ4v) is 2.86. The Labute approximate surface area is 112 Å². The van der Waals surface area contributed by atoms with E-state index in [0.717, 1.165) is 16.8 Å². The molecule has 4 heteroatoms. The van der Waals surface area contributed by atoms with Crippen LogP contribution in [0.2, 0.25) is 0 Å². The van der Waals surface area contributed by atoms with Crippen LogP contribution in [-0.4, -0.2) is 15.7 Å². The third kappa shape index (κ3) is 1.75. The summed E-state index contributed by atoms with van der Waals surface area (Å²) >= 11 is 0. The molecule has 0 fully saturated rings. The van der Waals surface area contributed by atoms with Crippen molar-refractivity contribution in [2.45, 2.75) is 25.8 Å². The van der Waals surface area contributed by atoms with Crippen molar-refractivity contribution in [2.75, 3.05) is 0 Å². The number of amides is 1. The summed E-state index contributed by atoms with van der Waals surface area (Å²) in [5, 5.41) is 7.40. The first-order valence-electron chi connectivity index (χ1n) is 6.52. The van der Waals surface area contributed by atoms with Crippen molar-refractivity contribution in [1.82, 2.24) is 15.1 Å². The minimum Gasteiger partial charge on any atom is -0.340 e. The van der Waals surface area contributed by atoms with Gasteiger partial charge in [-0.2, -0.15) is 5.10 Å². The number of nitrogens with zero attached hydrogens (tertiary/aromatic N) is 2. The molecule has 98 valence electrons. The van der Waals surface area contributed by atoms with Crippen LogP contribution < -0.4 is 5.32 Å². The van der Waals surface area contributed by atoms with E-state index in [2.05, 4.69) is 24.3 Å². The lowest BCUT2D eigenvalue weighted by Crippen LogP contribution is -2.22. The van der Waals surface area contributed by atoms with Gasteiger partial charge in [0.15, 0.2) is 5.69 Å². The molecule has 4 nitrogen and oxygen atoms in total. The molecule has 0 saturated carbocycles. The van der Waals surface area contributed by atoms with E-state index in [0.29, 0.717) is 11.6 Å². The van der Waals surface area contributed by atoms with E-state index in [9.17, 15) is 4.79 Å². The second kappa shape index (κ2) is 4.23. The molecule has 1 N–H and O–H groups in total. The minimum absolute atomic E-state index is 0.0743. The van der Waals surface area contributed by atoms with Crippen LogP contribution in [0.25, 0.3) is 0 Å². The number of rotatable bonds is 2. The van der Waals surface area contributed by atoms with Crippen molar-refractivity contribution in [3.63, 3.8) is 0 Å².